The standard InChI is InChI=1S/C22H21Br2N3O3/c1-30-20-9-14(17(24)11-19(20)28)12-25-27-21(13-5-3-2-4-6-13)26-18-8-7-15(23)10-16(18)22(27)29/h7-13,28H,2-6H2,1H3. The number of hydrogen-bond donors (Lipinski definition) is 1. The average molecular weight is 535 g/mol. The largest absolute Gasteiger partial charge is 0.504 e. The molecule has 1 N–H and O–H groups in total. The van der Waals surface area contributed by atoms with Gasteiger partial charge in [0.15, 0.2) is 11.5 Å². The van der Waals surface area contributed by atoms with Gasteiger partial charge in [0, 0.05) is 20.4 Å². The zero-order valence-corrected chi connectivity index (χ0v) is 19.6. The third-order valence-electron chi connectivity index (χ3n) is 5.41. The molecule has 1 aliphatic carbocycles. The number of rotatable bonds is 4. The van der Waals surface area contributed by atoms with Gasteiger partial charge in [0.1, 0.15) is 5.82 Å². The molecule has 1 heterocycles. The first kappa shape index (κ1) is 21.1. The van der Waals surface area contributed by atoms with E-state index in [9.17, 15) is 9.90 Å². The lowest BCUT2D eigenvalue weighted by Crippen LogP contribution is -2.25. The highest BCUT2D eigenvalue weighted by Gasteiger charge is 2.22. The summed E-state index contributed by atoms with van der Waals surface area (Å²) in [5.74, 6) is 1.26. The van der Waals surface area contributed by atoms with E-state index in [1.54, 1.807) is 24.4 Å². The smallest absolute Gasteiger partial charge is 0.282 e. The van der Waals surface area contributed by atoms with Crippen LogP contribution >= 0.6 is 31.9 Å². The quantitative estimate of drug-likeness (QED) is 0.444. The Kier molecular flexibility index (Phi) is 6.24. The lowest BCUT2D eigenvalue weighted by atomic mass is 9.88. The molecule has 0 radical (unpaired) electrons. The van der Waals surface area contributed by atoms with Crippen molar-refractivity contribution in [2.45, 2.75) is 38.0 Å². The number of phenolic OH excluding ortho intramolecular Hbond substituents is 1. The molecule has 1 fully saturated rings. The summed E-state index contributed by atoms with van der Waals surface area (Å²) < 4.78 is 8.08. The van der Waals surface area contributed by atoms with Gasteiger partial charge in [0.2, 0.25) is 0 Å². The summed E-state index contributed by atoms with van der Waals surface area (Å²) in [5.41, 5.74) is 1.17. The highest BCUT2D eigenvalue weighted by molar-refractivity contribution is 9.10. The zero-order chi connectivity index (χ0) is 21.3. The molecule has 0 aliphatic heterocycles. The summed E-state index contributed by atoms with van der Waals surface area (Å²) >= 11 is 6.87. The number of fused-ring (bicyclic) bond motifs is 1. The summed E-state index contributed by atoms with van der Waals surface area (Å²) in [6.45, 7) is 0. The summed E-state index contributed by atoms with van der Waals surface area (Å²) in [6.07, 6.45) is 7.06. The molecule has 2 aromatic carbocycles. The predicted octanol–water partition coefficient (Wildman–Crippen LogP) is 5.57. The molecule has 0 unspecified atom stereocenters. The third kappa shape index (κ3) is 4.16. The molecule has 0 atom stereocenters. The first-order chi connectivity index (χ1) is 14.5. The maximum Gasteiger partial charge on any atom is 0.282 e. The fourth-order valence-corrected chi connectivity index (χ4v) is 4.64. The van der Waals surface area contributed by atoms with Crippen molar-refractivity contribution < 1.29 is 9.84 Å². The van der Waals surface area contributed by atoms with Crippen molar-refractivity contribution in [3.63, 3.8) is 0 Å². The van der Waals surface area contributed by atoms with Gasteiger partial charge in [-0.3, -0.25) is 4.79 Å². The highest BCUT2D eigenvalue weighted by Crippen LogP contribution is 2.33. The van der Waals surface area contributed by atoms with Gasteiger partial charge >= 0.3 is 0 Å². The topological polar surface area (TPSA) is 76.7 Å². The number of halogens is 2. The highest BCUT2D eigenvalue weighted by atomic mass is 79.9. The Morgan fingerprint density at radius 3 is 2.70 bits per heavy atom. The third-order valence-corrected chi connectivity index (χ3v) is 6.59. The second-order valence-electron chi connectivity index (χ2n) is 7.37. The number of ether oxygens (including phenoxy) is 1. The van der Waals surface area contributed by atoms with Gasteiger partial charge in [-0.05, 0) is 59.1 Å². The Hall–Kier alpha value is -2.19. The Morgan fingerprint density at radius 1 is 1.20 bits per heavy atom. The average Bonchev–Trinajstić information content (AvgIpc) is 2.75. The number of phenols is 1. The summed E-state index contributed by atoms with van der Waals surface area (Å²) in [6, 6.07) is 8.75. The van der Waals surface area contributed by atoms with Crippen molar-refractivity contribution in [2.24, 2.45) is 5.10 Å². The Balaban J connectivity index is 1.87. The lowest BCUT2D eigenvalue weighted by Gasteiger charge is -2.22. The molecule has 1 saturated carbocycles. The van der Waals surface area contributed by atoms with Crippen molar-refractivity contribution in [3.05, 3.63) is 61.0 Å². The van der Waals surface area contributed by atoms with Gasteiger partial charge < -0.3 is 9.84 Å². The van der Waals surface area contributed by atoms with Crippen LogP contribution in [0.3, 0.4) is 0 Å². The number of nitrogens with zero attached hydrogens (tertiary/aromatic N) is 3. The minimum absolute atomic E-state index is 0.0267. The predicted molar refractivity (Wildman–Crippen MR) is 125 cm³/mol. The Labute approximate surface area is 190 Å². The first-order valence-electron chi connectivity index (χ1n) is 9.81. The van der Waals surface area contributed by atoms with Crippen molar-refractivity contribution in [3.8, 4) is 11.5 Å². The molecule has 0 saturated heterocycles. The van der Waals surface area contributed by atoms with Crippen LogP contribution in [0.4, 0.5) is 0 Å². The second kappa shape index (κ2) is 8.89. The molecule has 156 valence electrons. The van der Waals surface area contributed by atoms with Crippen LogP contribution in [0.5, 0.6) is 11.5 Å². The molecule has 3 aromatic rings. The summed E-state index contributed by atoms with van der Waals surface area (Å²) in [5, 5.41) is 15.0. The number of hydrogen-bond acceptors (Lipinski definition) is 5. The molecule has 0 spiro atoms. The van der Waals surface area contributed by atoms with E-state index in [0.717, 1.165) is 30.2 Å². The SMILES string of the molecule is COc1cc(C=Nn2c(C3CCCCC3)nc3ccc(Br)cc3c2=O)c(Br)cc1O. The van der Waals surface area contributed by atoms with Crippen molar-refractivity contribution >= 4 is 49.0 Å². The molecule has 30 heavy (non-hydrogen) atoms. The van der Waals surface area contributed by atoms with Crippen LogP contribution in [0.15, 0.2) is 49.2 Å². The van der Waals surface area contributed by atoms with Gasteiger partial charge in [0.25, 0.3) is 5.56 Å². The van der Waals surface area contributed by atoms with E-state index in [0.29, 0.717) is 32.5 Å². The van der Waals surface area contributed by atoms with E-state index in [1.807, 2.05) is 12.1 Å². The van der Waals surface area contributed by atoms with Crippen molar-refractivity contribution in [1.29, 1.82) is 0 Å². The number of aromatic hydroxyl groups is 1. The van der Waals surface area contributed by atoms with Gasteiger partial charge in [-0.2, -0.15) is 9.78 Å². The van der Waals surface area contributed by atoms with E-state index < -0.39 is 0 Å². The molecule has 1 aliphatic rings. The molecule has 4 rings (SSSR count). The van der Waals surface area contributed by atoms with Crippen LogP contribution in [0, 0.1) is 0 Å². The van der Waals surface area contributed by atoms with Crippen LogP contribution in [0.1, 0.15) is 49.4 Å². The van der Waals surface area contributed by atoms with Crippen LogP contribution < -0.4 is 10.3 Å². The fraction of sp³-hybridized carbons (Fsp3) is 0.318. The van der Waals surface area contributed by atoms with E-state index in [1.165, 1.54) is 18.2 Å². The van der Waals surface area contributed by atoms with Crippen molar-refractivity contribution in [2.75, 3.05) is 7.11 Å². The van der Waals surface area contributed by atoms with Crippen LogP contribution in [0.25, 0.3) is 10.9 Å². The summed E-state index contributed by atoms with van der Waals surface area (Å²) in [4.78, 5) is 18.2. The fourth-order valence-electron chi connectivity index (χ4n) is 3.84. The Bertz CT molecular complexity index is 1180. The maximum absolute atomic E-state index is 13.3. The van der Waals surface area contributed by atoms with E-state index in [-0.39, 0.29) is 17.2 Å². The molecule has 1 aromatic heterocycles. The van der Waals surface area contributed by atoms with Gasteiger partial charge in [-0.1, -0.05) is 35.2 Å². The summed E-state index contributed by atoms with van der Waals surface area (Å²) in [7, 11) is 1.49. The molecular formula is C22H21Br2N3O3. The second-order valence-corrected chi connectivity index (χ2v) is 9.14. The molecule has 8 heteroatoms. The van der Waals surface area contributed by atoms with Crippen LogP contribution in [-0.2, 0) is 0 Å². The Morgan fingerprint density at radius 2 is 1.97 bits per heavy atom. The molecule has 6 nitrogen and oxygen atoms in total. The number of aromatic nitrogens is 2. The van der Waals surface area contributed by atoms with Gasteiger partial charge in [-0.25, -0.2) is 4.98 Å². The minimum Gasteiger partial charge on any atom is -0.504 e. The van der Waals surface area contributed by atoms with E-state index in [4.69, 9.17) is 9.72 Å². The lowest BCUT2D eigenvalue weighted by molar-refractivity contribution is 0.373. The minimum atomic E-state index is -0.194. The zero-order valence-electron chi connectivity index (χ0n) is 16.4. The molecular weight excluding hydrogens is 514 g/mol. The van der Waals surface area contributed by atoms with Gasteiger partial charge in [0.05, 0.1) is 24.2 Å². The van der Waals surface area contributed by atoms with Gasteiger partial charge in [-0.15, -0.1) is 0 Å². The van der Waals surface area contributed by atoms with Crippen LogP contribution in [0.2, 0.25) is 0 Å². The molecule has 0 amide bonds. The molecule has 0 bridgehead atoms. The van der Waals surface area contributed by atoms with E-state index >= 15 is 0 Å². The van der Waals surface area contributed by atoms with Crippen molar-refractivity contribution in [1.82, 2.24) is 9.66 Å². The monoisotopic (exact) mass is 533 g/mol. The van der Waals surface area contributed by atoms with Crippen LogP contribution in [-0.4, -0.2) is 28.1 Å². The first-order valence-corrected chi connectivity index (χ1v) is 11.4. The number of methoxy groups -OCH3 is 1. The van der Waals surface area contributed by atoms with E-state index in [2.05, 4.69) is 37.0 Å². The number of benzene rings is 2. The maximum atomic E-state index is 13.3. The normalized spacial score (nSPS) is 15.2.